The summed E-state index contributed by atoms with van der Waals surface area (Å²) < 4.78 is 18.1. The van der Waals surface area contributed by atoms with E-state index in [0.29, 0.717) is 17.0 Å². The van der Waals surface area contributed by atoms with Crippen molar-refractivity contribution in [2.75, 3.05) is 12.8 Å². The second-order valence-electron chi connectivity index (χ2n) is 3.39. The second kappa shape index (κ2) is 4.18. The second-order valence-corrected chi connectivity index (χ2v) is 3.39. The van der Waals surface area contributed by atoms with Gasteiger partial charge in [0, 0.05) is 23.5 Å². The van der Waals surface area contributed by atoms with Gasteiger partial charge in [-0.15, -0.1) is 0 Å². The summed E-state index contributed by atoms with van der Waals surface area (Å²) in [6.07, 6.45) is 2.74. The molecule has 82 valence electrons. The Morgan fingerprint density at radius 3 is 2.62 bits per heavy atom. The molecule has 2 N–H and O–H groups in total. The number of halogens is 1. The van der Waals surface area contributed by atoms with E-state index in [-0.39, 0.29) is 5.82 Å². The van der Waals surface area contributed by atoms with Crippen molar-refractivity contribution in [3.63, 3.8) is 0 Å². The van der Waals surface area contributed by atoms with Crippen LogP contribution in [0.3, 0.4) is 0 Å². The number of anilines is 1. The smallest absolute Gasteiger partial charge is 0.142 e. The first-order chi connectivity index (χ1) is 7.69. The standard InChI is InChI=1S/C12H11FN2O/c1-16-12-4-8(3-11(14)5-12)9-2-10(13)7-15-6-9/h2-7H,14H2,1H3. The maximum Gasteiger partial charge on any atom is 0.142 e. The Bertz CT molecular complexity index is 514. The van der Waals surface area contributed by atoms with Gasteiger partial charge in [0.1, 0.15) is 11.6 Å². The molecule has 0 spiro atoms. The number of aromatic nitrogens is 1. The molecule has 0 amide bonds. The van der Waals surface area contributed by atoms with E-state index in [1.807, 2.05) is 0 Å². The summed E-state index contributed by atoms with van der Waals surface area (Å²) in [5, 5.41) is 0. The van der Waals surface area contributed by atoms with E-state index < -0.39 is 0 Å². The first kappa shape index (κ1) is 10.4. The number of hydrogen-bond donors (Lipinski definition) is 1. The minimum Gasteiger partial charge on any atom is -0.497 e. The fraction of sp³-hybridized carbons (Fsp3) is 0.0833. The number of nitrogens with zero attached hydrogens (tertiary/aromatic N) is 1. The third-order valence-corrected chi connectivity index (χ3v) is 2.20. The molecule has 0 saturated heterocycles. The summed E-state index contributed by atoms with van der Waals surface area (Å²) in [6, 6.07) is 6.64. The number of nitrogens with two attached hydrogens (primary N) is 1. The van der Waals surface area contributed by atoms with Crippen LogP contribution in [0, 0.1) is 5.82 Å². The number of pyridine rings is 1. The van der Waals surface area contributed by atoms with Crippen molar-refractivity contribution < 1.29 is 9.13 Å². The van der Waals surface area contributed by atoms with E-state index >= 15 is 0 Å². The topological polar surface area (TPSA) is 48.1 Å². The lowest BCUT2D eigenvalue weighted by atomic mass is 10.1. The van der Waals surface area contributed by atoms with Crippen molar-refractivity contribution in [1.82, 2.24) is 4.98 Å². The lowest BCUT2D eigenvalue weighted by molar-refractivity contribution is 0.415. The van der Waals surface area contributed by atoms with E-state index in [2.05, 4.69) is 4.98 Å². The molecule has 0 aliphatic rings. The molecule has 1 aromatic carbocycles. The van der Waals surface area contributed by atoms with E-state index in [9.17, 15) is 4.39 Å². The molecule has 2 aromatic rings. The fourth-order valence-corrected chi connectivity index (χ4v) is 1.48. The van der Waals surface area contributed by atoms with Crippen molar-refractivity contribution in [2.45, 2.75) is 0 Å². The molecule has 0 fully saturated rings. The van der Waals surface area contributed by atoms with E-state index in [1.54, 1.807) is 31.5 Å². The Morgan fingerprint density at radius 1 is 1.12 bits per heavy atom. The first-order valence-electron chi connectivity index (χ1n) is 4.74. The molecule has 0 atom stereocenters. The van der Waals surface area contributed by atoms with Crippen molar-refractivity contribution in [3.8, 4) is 16.9 Å². The molecule has 0 aliphatic heterocycles. The highest BCUT2D eigenvalue weighted by Gasteiger charge is 2.03. The number of ether oxygens (including phenoxy) is 1. The van der Waals surface area contributed by atoms with Crippen LogP contribution in [0.2, 0.25) is 0 Å². The van der Waals surface area contributed by atoms with Gasteiger partial charge in [0.2, 0.25) is 0 Å². The zero-order chi connectivity index (χ0) is 11.5. The van der Waals surface area contributed by atoms with Crippen LogP contribution in [0.15, 0.2) is 36.7 Å². The SMILES string of the molecule is COc1cc(N)cc(-c2cncc(F)c2)c1. The maximum absolute atomic E-state index is 13.0. The molecule has 0 unspecified atom stereocenters. The minimum atomic E-state index is -0.376. The number of hydrogen-bond acceptors (Lipinski definition) is 3. The van der Waals surface area contributed by atoms with Crippen molar-refractivity contribution in [2.24, 2.45) is 0 Å². The highest BCUT2D eigenvalue weighted by atomic mass is 19.1. The van der Waals surface area contributed by atoms with E-state index in [4.69, 9.17) is 10.5 Å². The molecule has 0 radical (unpaired) electrons. The molecule has 0 bridgehead atoms. The molecular weight excluding hydrogens is 207 g/mol. The van der Waals surface area contributed by atoms with Gasteiger partial charge in [-0.3, -0.25) is 4.98 Å². The normalized spacial score (nSPS) is 10.1. The zero-order valence-electron chi connectivity index (χ0n) is 8.77. The number of methoxy groups -OCH3 is 1. The predicted octanol–water partition coefficient (Wildman–Crippen LogP) is 2.48. The van der Waals surface area contributed by atoms with Gasteiger partial charge in [0.25, 0.3) is 0 Å². The molecule has 1 aromatic heterocycles. The Hall–Kier alpha value is -2.10. The summed E-state index contributed by atoms with van der Waals surface area (Å²) in [5.74, 6) is 0.262. The quantitative estimate of drug-likeness (QED) is 0.788. The number of rotatable bonds is 2. The van der Waals surface area contributed by atoms with Crippen LogP contribution in [0.5, 0.6) is 5.75 Å². The maximum atomic E-state index is 13.0. The van der Waals surface area contributed by atoms with Gasteiger partial charge in [-0.05, 0) is 23.8 Å². The monoisotopic (exact) mass is 218 g/mol. The van der Waals surface area contributed by atoms with Crippen LogP contribution >= 0.6 is 0 Å². The average molecular weight is 218 g/mol. The lowest BCUT2D eigenvalue weighted by Crippen LogP contribution is -1.90. The number of benzene rings is 1. The van der Waals surface area contributed by atoms with Crippen LogP contribution < -0.4 is 10.5 Å². The zero-order valence-corrected chi connectivity index (χ0v) is 8.77. The Morgan fingerprint density at radius 2 is 1.94 bits per heavy atom. The summed E-state index contributed by atoms with van der Waals surface area (Å²) >= 11 is 0. The fourth-order valence-electron chi connectivity index (χ4n) is 1.48. The third-order valence-electron chi connectivity index (χ3n) is 2.20. The average Bonchev–Trinajstić information content (AvgIpc) is 2.28. The van der Waals surface area contributed by atoms with Crippen LogP contribution in [-0.2, 0) is 0 Å². The van der Waals surface area contributed by atoms with Crippen LogP contribution in [0.25, 0.3) is 11.1 Å². The van der Waals surface area contributed by atoms with Gasteiger partial charge < -0.3 is 10.5 Å². The molecule has 0 saturated carbocycles. The molecule has 1 heterocycles. The summed E-state index contributed by atoms with van der Waals surface area (Å²) in [6.45, 7) is 0. The Balaban J connectivity index is 2.51. The van der Waals surface area contributed by atoms with Gasteiger partial charge in [0.15, 0.2) is 0 Å². The minimum absolute atomic E-state index is 0.376. The largest absolute Gasteiger partial charge is 0.497 e. The molecule has 3 nitrogen and oxygen atoms in total. The molecule has 2 rings (SSSR count). The first-order valence-corrected chi connectivity index (χ1v) is 4.74. The van der Waals surface area contributed by atoms with Crippen LogP contribution in [-0.4, -0.2) is 12.1 Å². The van der Waals surface area contributed by atoms with Gasteiger partial charge in [-0.25, -0.2) is 4.39 Å². The van der Waals surface area contributed by atoms with Crippen molar-refractivity contribution in [3.05, 3.63) is 42.5 Å². The van der Waals surface area contributed by atoms with Crippen LogP contribution in [0.4, 0.5) is 10.1 Å². The third kappa shape index (κ3) is 2.11. The number of nitrogen functional groups attached to an aromatic ring is 1. The highest BCUT2D eigenvalue weighted by Crippen LogP contribution is 2.26. The van der Waals surface area contributed by atoms with Gasteiger partial charge in [-0.1, -0.05) is 0 Å². The summed E-state index contributed by atoms with van der Waals surface area (Å²) in [7, 11) is 1.56. The van der Waals surface area contributed by atoms with E-state index in [0.717, 1.165) is 11.8 Å². The highest BCUT2D eigenvalue weighted by molar-refractivity contribution is 5.69. The molecule has 16 heavy (non-hydrogen) atoms. The molecule has 0 aliphatic carbocycles. The Kier molecular flexibility index (Phi) is 2.72. The Labute approximate surface area is 92.7 Å². The lowest BCUT2D eigenvalue weighted by Gasteiger charge is -2.06. The van der Waals surface area contributed by atoms with Crippen LogP contribution in [0.1, 0.15) is 0 Å². The van der Waals surface area contributed by atoms with Crippen molar-refractivity contribution in [1.29, 1.82) is 0 Å². The summed E-state index contributed by atoms with van der Waals surface area (Å²) in [5.41, 5.74) is 7.74. The van der Waals surface area contributed by atoms with E-state index in [1.165, 1.54) is 6.07 Å². The van der Waals surface area contributed by atoms with Gasteiger partial charge in [-0.2, -0.15) is 0 Å². The van der Waals surface area contributed by atoms with Gasteiger partial charge in [0.05, 0.1) is 13.3 Å². The summed E-state index contributed by atoms with van der Waals surface area (Å²) in [4.78, 5) is 3.79. The van der Waals surface area contributed by atoms with Gasteiger partial charge >= 0.3 is 0 Å². The van der Waals surface area contributed by atoms with Crippen molar-refractivity contribution >= 4 is 5.69 Å². The molecular formula is C12H11FN2O. The predicted molar refractivity (Wildman–Crippen MR) is 60.6 cm³/mol. The molecule has 4 heteroatoms.